The van der Waals surface area contributed by atoms with Crippen LogP contribution in [-0.4, -0.2) is 30.9 Å². The van der Waals surface area contributed by atoms with Crippen molar-refractivity contribution in [3.63, 3.8) is 0 Å². The number of benzene rings is 1. The first kappa shape index (κ1) is 17.5. The summed E-state index contributed by atoms with van der Waals surface area (Å²) in [6.45, 7) is 4.14. The summed E-state index contributed by atoms with van der Waals surface area (Å²) >= 11 is 0. The van der Waals surface area contributed by atoms with Gasteiger partial charge in [-0.2, -0.15) is 0 Å². The summed E-state index contributed by atoms with van der Waals surface area (Å²) in [7, 11) is 0. The monoisotopic (exact) mass is 294 g/mol. The zero-order valence-corrected chi connectivity index (χ0v) is 12.8. The predicted molar refractivity (Wildman–Crippen MR) is 83.1 cm³/mol. The number of para-hydroxylation sites is 1. The molecular weight excluding hydrogens is 268 g/mol. The van der Waals surface area contributed by atoms with Gasteiger partial charge in [-0.15, -0.1) is 0 Å². The summed E-state index contributed by atoms with van der Waals surface area (Å²) in [6, 6.07) is 6.69. The summed E-state index contributed by atoms with van der Waals surface area (Å²) < 4.78 is 11.0. The fourth-order valence-electron chi connectivity index (χ4n) is 2.02. The Kier molecular flexibility index (Phi) is 9.29. The molecule has 0 fully saturated rings. The number of unbranched alkanes of at least 4 members (excludes halogenated alkanes) is 4. The summed E-state index contributed by atoms with van der Waals surface area (Å²) in [5.41, 5.74) is 0.203. The molecule has 0 heterocycles. The van der Waals surface area contributed by atoms with E-state index in [0.29, 0.717) is 19.0 Å². The molecule has 1 aromatic rings. The average Bonchev–Trinajstić information content (AvgIpc) is 2.49. The van der Waals surface area contributed by atoms with E-state index in [1.807, 2.05) is 0 Å². The lowest BCUT2D eigenvalue weighted by Gasteiger charge is -2.09. The fourth-order valence-corrected chi connectivity index (χ4v) is 2.02. The summed E-state index contributed by atoms with van der Waals surface area (Å²) in [4.78, 5) is 11.0. The first-order valence-corrected chi connectivity index (χ1v) is 7.78. The van der Waals surface area contributed by atoms with Crippen LogP contribution in [0, 0.1) is 0 Å². The topological polar surface area (TPSA) is 55.8 Å². The normalized spacial score (nSPS) is 10.5. The number of ether oxygens (including phenoxy) is 2. The minimum absolute atomic E-state index is 0.203. The van der Waals surface area contributed by atoms with Crippen molar-refractivity contribution in [2.24, 2.45) is 0 Å². The largest absolute Gasteiger partial charge is 0.493 e. The van der Waals surface area contributed by atoms with E-state index >= 15 is 0 Å². The lowest BCUT2D eigenvalue weighted by molar-refractivity contribution is 0.0691. The number of hydrogen-bond donors (Lipinski definition) is 1. The summed E-state index contributed by atoms with van der Waals surface area (Å²) in [5.74, 6) is -0.543. The van der Waals surface area contributed by atoms with Gasteiger partial charge in [-0.3, -0.25) is 0 Å². The highest BCUT2D eigenvalue weighted by molar-refractivity contribution is 5.90. The van der Waals surface area contributed by atoms with Crippen molar-refractivity contribution in [1.29, 1.82) is 0 Å². The van der Waals surface area contributed by atoms with Crippen molar-refractivity contribution >= 4 is 5.97 Å². The second kappa shape index (κ2) is 11.1. The van der Waals surface area contributed by atoms with Crippen LogP contribution in [0.4, 0.5) is 0 Å². The Labute approximate surface area is 127 Å². The summed E-state index contributed by atoms with van der Waals surface area (Å²) in [6.07, 6.45) is 6.96. The van der Waals surface area contributed by atoms with E-state index in [-0.39, 0.29) is 5.56 Å². The zero-order valence-electron chi connectivity index (χ0n) is 12.8. The van der Waals surface area contributed by atoms with Gasteiger partial charge in [-0.1, -0.05) is 44.7 Å². The first-order chi connectivity index (χ1) is 10.3. The van der Waals surface area contributed by atoms with Crippen LogP contribution in [-0.2, 0) is 4.74 Å². The predicted octanol–water partition coefficient (Wildman–Crippen LogP) is 4.14. The Hall–Kier alpha value is -1.55. The number of rotatable bonds is 12. The molecule has 0 amide bonds. The van der Waals surface area contributed by atoms with Crippen molar-refractivity contribution < 1.29 is 19.4 Å². The van der Waals surface area contributed by atoms with Gasteiger partial charge in [0, 0.05) is 19.6 Å². The third-order valence-electron chi connectivity index (χ3n) is 3.20. The van der Waals surface area contributed by atoms with Crippen LogP contribution in [0.5, 0.6) is 5.75 Å². The molecule has 1 rings (SSSR count). The maximum absolute atomic E-state index is 11.0. The Bertz CT molecular complexity index is 404. The van der Waals surface area contributed by atoms with Crippen LogP contribution in [0.25, 0.3) is 0 Å². The van der Waals surface area contributed by atoms with Crippen LogP contribution in [0.1, 0.15) is 55.8 Å². The molecule has 0 aliphatic rings. The van der Waals surface area contributed by atoms with Gasteiger partial charge in [-0.25, -0.2) is 4.79 Å². The number of carboxylic acids is 1. The Balaban J connectivity index is 2.06. The van der Waals surface area contributed by atoms with E-state index in [4.69, 9.17) is 14.6 Å². The van der Waals surface area contributed by atoms with Gasteiger partial charge in [-0.05, 0) is 18.6 Å². The van der Waals surface area contributed by atoms with Crippen molar-refractivity contribution in [3.05, 3.63) is 29.8 Å². The molecule has 0 aliphatic carbocycles. The fraction of sp³-hybridized carbons (Fsp3) is 0.588. The standard InChI is InChI=1S/C17H26O4/c1-2-3-4-5-8-12-20-13-9-14-21-16-11-7-6-10-15(16)17(18)19/h6-7,10-11H,2-5,8-9,12-14H2,1H3,(H,18,19). The molecule has 0 saturated heterocycles. The second-order valence-corrected chi connectivity index (χ2v) is 5.03. The molecule has 0 bridgehead atoms. The van der Waals surface area contributed by atoms with Crippen molar-refractivity contribution in [1.82, 2.24) is 0 Å². The van der Waals surface area contributed by atoms with Gasteiger partial charge in [0.25, 0.3) is 0 Å². The maximum Gasteiger partial charge on any atom is 0.339 e. The van der Waals surface area contributed by atoms with Gasteiger partial charge in [0.2, 0.25) is 0 Å². The van der Waals surface area contributed by atoms with E-state index in [1.165, 1.54) is 25.7 Å². The molecule has 1 N–H and O–H groups in total. The van der Waals surface area contributed by atoms with E-state index in [0.717, 1.165) is 19.4 Å². The minimum Gasteiger partial charge on any atom is -0.493 e. The van der Waals surface area contributed by atoms with Gasteiger partial charge < -0.3 is 14.6 Å². The van der Waals surface area contributed by atoms with Crippen LogP contribution < -0.4 is 4.74 Å². The number of aromatic carboxylic acids is 1. The van der Waals surface area contributed by atoms with Gasteiger partial charge in [0.15, 0.2) is 0 Å². The molecule has 0 aromatic heterocycles. The SMILES string of the molecule is CCCCCCCOCCCOc1ccccc1C(=O)O. The third kappa shape index (κ3) is 7.71. The molecule has 21 heavy (non-hydrogen) atoms. The highest BCUT2D eigenvalue weighted by Gasteiger charge is 2.09. The van der Waals surface area contributed by atoms with E-state index in [9.17, 15) is 4.79 Å². The highest BCUT2D eigenvalue weighted by atomic mass is 16.5. The van der Waals surface area contributed by atoms with E-state index in [2.05, 4.69) is 6.92 Å². The first-order valence-electron chi connectivity index (χ1n) is 7.78. The molecule has 4 heteroatoms. The second-order valence-electron chi connectivity index (χ2n) is 5.03. The van der Waals surface area contributed by atoms with Crippen molar-refractivity contribution in [2.75, 3.05) is 19.8 Å². The highest BCUT2D eigenvalue weighted by Crippen LogP contribution is 2.17. The van der Waals surface area contributed by atoms with Gasteiger partial charge in [0.1, 0.15) is 11.3 Å². The van der Waals surface area contributed by atoms with E-state index < -0.39 is 5.97 Å². The van der Waals surface area contributed by atoms with Gasteiger partial charge >= 0.3 is 5.97 Å². The molecule has 0 spiro atoms. The zero-order chi connectivity index (χ0) is 15.3. The minimum atomic E-state index is -0.964. The van der Waals surface area contributed by atoms with Crippen LogP contribution in [0.15, 0.2) is 24.3 Å². The lowest BCUT2D eigenvalue weighted by atomic mass is 10.2. The number of carboxylic acid groups (broad SMARTS) is 1. The Morgan fingerprint density at radius 3 is 2.48 bits per heavy atom. The number of carbonyl (C=O) groups is 1. The summed E-state index contributed by atoms with van der Waals surface area (Å²) in [5, 5.41) is 9.02. The van der Waals surface area contributed by atoms with Crippen LogP contribution in [0.2, 0.25) is 0 Å². The molecule has 0 atom stereocenters. The maximum atomic E-state index is 11.0. The Morgan fingerprint density at radius 2 is 1.71 bits per heavy atom. The molecular formula is C17H26O4. The van der Waals surface area contributed by atoms with Crippen LogP contribution >= 0.6 is 0 Å². The molecule has 0 unspecified atom stereocenters. The van der Waals surface area contributed by atoms with Gasteiger partial charge in [0.05, 0.1) is 6.61 Å². The van der Waals surface area contributed by atoms with Crippen LogP contribution in [0.3, 0.4) is 0 Å². The lowest BCUT2D eigenvalue weighted by Crippen LogP contribution is -2.07. The van der Waals surface area contributed by atoms with Crippen molar-refractivity contribution in [2.45, 2.75) is 45.4 Å². The van der Waals surface area contributed by atoms with E-state index in [1.54, 1.807) is 24.3 Å². The molecule has 0 saturated carbocycles. The Morgan fingerprint density at radius 1 is 1.00 bits per heavy atom. The molecule has 0 aliphatic heterocycles. The molecule has 118 valence electrons. The average molecular weight is 294 g/mol. The quantitative estimate of drug-likeness (QED) is 0.589. The molecule has 4 nitrogen and oxygen atoms in total. The molecule has 0 radical (unpaired) electrons. The molecule has 1 aromatic carbocycles. The smallest absolute Gasteiger partial charge is 0.339 e. The van der Waals surface area contributed by atoms with Crippen molar-refractivity contribution in [3.8, 4) is 5.75 Å². The number of hydrogen-bond acceptors (Lipinski definition) is 3. The third-order valence-corrected chi connectivity index (χ3v) is 3.20.